The second-order valence-corrected chi connectivity index (χ2v) is 12.6. The molecular weight excluding hydrogens is 632 g/mol. The Bertz CT molecular complexity index is 1530. The Hall–Kier alpha value is -4.69. The Kier molecular flexibility index (Phi) is 11.3. The fourth-order valence-corrected chi connectivity index (χ4v) is 6.45. The van der Waals surface area contributed by atoms with Crippen molar-refractivity contribution in [2.75, 3.05) is 6.54 Å². The molecule has 3 aromatic rings. The quantitative estimate of drug-likeness (QED) is 0.205. The van der Waals surface area contributed by atoms with Crippen molar-refractivity contribution in [3.63, 3.8) is 0 Å². The summed E-state index contributed by atoms with van der Waals surface area (Å²) in [7, 11) is 0. The minimum absolute atomic E-state index is 0.0595. The maximum absolute atomic E-state index is 13.5. The fraction of sp³-hybridized carbons (Fsp3) is 0.417. The summed E-state index contributed by atoms with van der Waals surface area (Å²) < 4.78 is 23.9. The average molecular weight is 675 g/mol. The van der Waals surface area contributed by atoms with Crippen LogP contribution in [0.2, 0.25) is 0 Å². The van der Waals surface area contributed by atoms with Crippen LogP contribution in [0.3, 0.4) is 0 Å². The molecule has 1 aliphatic carbocycles. The predicted octanol–water partition coefficient (Wildman–Crippen LogP) is 3.19. The molecule has 4 amide bonds. The van der Waals surface area contributed by atoms with Crippen molar-refractivity contribution in [2.24, 2.45) is 0 Å². The van der Waals surface area contributed by atoms with Crippen molar-refractivity contribution in [1.29, 1.82) is 0 Å². The first-order valence-electron chi connectivity index (χ1n) is 16.5. The van der Waals surface area contributed by atoms with Crippen molar-refractivity contribution in [1.82, 2.24) is 20.9 Å². The Morgan fingerprint density at radius 3 is 2.04 bits per heavy atom. The van der Waals surface area contributed by atoms with Gasteiger partial charge in [-0.2, -0.15) is 0 Å². The van der Waals surface area contributed by atoms with Gasteiger partial charge in [0, 0.05) is 6.54 Å². The average Bonchev–Trinajstić information content (AvgIpc) is 3.12. The number of carbonyl (C=O) groups is 3. The van der Waals surface area contributed by atoms with Crippen LogP contribution in [0.25, 0.3) is 0 Å². The number of fused-ring (bicyclic) bond motifs is 2. The van der Waals surface area contributed by atoms with Crippen molar-refractivity contribution in [3.05, 3.63) is 108 Å². The zero-order valence-corrected chi connectivity index (χ0v) is 26.9. The maximum Gasteiger partial charge on any atom is 0.410 e. The lowest BCUT2D eigenvalue weighted by molar-refractivity contribution is -0.260. The molecule has 1 saturated carbocycles. The normalized spacial score (nSPS) is 27.6. The van der Waals surface area contributed by atoms with E-state index in [1.807, 2.05) is 91.0 Å². The van der Waals surface area contributed by atoms with Crippen LogP contribution < -0.4 is 16.0 Å². The molecule has 3 aromatic carbocycles. The highest BCUT2D eigenvalue weighted by molar-refractivity contribution is 5.76. The van der Waals surface area contributed by atoms with E-state index >= 15 is 0 Å². The fourth-order valence-electron chi connectivity index (χ4n) is 6.45. The highest BCUT2D eigenvalue weighted by Crippen LogP contribution is 2.30. The number of alkyl carbamates (subject to hydrolysis) is 1. The number of urea groups is 1. The third-order valence-corrected chi connectivity index (χ3v) is 9.00. The van der Waals surface area contributed by atoms with Crippen LogP contribution in [-0.2, 0) is 38.7 Å². The minimum Gasteiger partial charge on any atom is -0.445 e. The van der Waals surface area contributed by atoms with Crippen molar-refractivity contribution < 1.29 is 43.5 Å². The Balaban J connectivity index is 1.17. The topological polar surface area (TPSA) is 168 Å². The number of amides is 4. The number of benzene rings is 3. The molecule has 13 heteroatoms. The molecule has 8 atom stereocenters. The molecule has 260 valence electrons. The molecule has 3 fully saturated rings. The number of rotatable bonds is 11. The number of aliphatic hydroxyl groups excluding tert-OH is 2. The van der Waals surface area contributed by atoms with Crippen molar-refractivity contribution in [2.45, 2.75) is 87.9 Å². The molecule has 2 bridgehead atoms. The lowest BCUT2D eigenvalue weighted by atomic mass is 9.82. The van der Waals surface area contributed by atoms with Gasteiger partial charge in [-0.25, -0.2) is 14.4 Å². The first kappa shape index (κ1) is 34.2. The molecule has 6 rings (SSSR count). The summed E-state index contributed by atoms with van der Waals surface area (Å²) in [6.07, 6.45) is -5.36. The van der Waals surface area contributed by atoms with E-state index < -0.39 is 67.0 Å². The maximum atomic E-state index is 13.5. The van der Waals surface area contributed by atoms with Gasteiger partial charge in [0.05, 0.1) is 30.8 Å². The van der Waals surface area contributed by atoms with Gasteiger partial charge in [0.1, 0.15) is 31.5 Å². The van der Waals surface area contributed by atoms with Crippen molar-refractivity contribution in [3.8, 4) is 0 Å². The van der Waals surface area contributed by atoms with Crippen LogP contribution in [0.5, 0.6) is 0 Å². The first-order chi connectivity index (χ1) is 23.8. The van der Waals surface area contributed by atoms with Gasteiger partial charge in [0.2, 0.25) is 0 Å². The van der Waals surface area contributed by atoms with E-state index in [-0.39, 0.29) is 26.3 Å². The standard InChI is InChI=1S/C36H42N4O9/c41-30-28-18-29(38-34(43)37-28)32(31(30)42)49-33-27(39-35(44)46-21-24-12-6-2-7-13-24)17-16-26(48-33)20-40(19-23-10-4-1-5-11-23)36(45)47-22-25-14-8-3-9-15-25/h1-15,26-33,41-42H,16-22H2,(H,39,44)(H2,37,38,43)/t26?,27-,28?,29?,30+,31-,32-,33-/m1/s1. The number of nitrogens with one attached hydrogen (secondary N) is 3. The van der Waals surface area contributed by atoms with E-state index in [0.29, 0.717) is 19.3 Å². The van der Waals surface area contributed by atoms with Crippen LogP contribution in [-0.4, -0.2) is 88.7 Å². The number of hydrogen-bond donors (Lipinski definition) is 5. The first-order valence-corrected chi connectivity index (χ1v) is 16.5. The summed E-state index contributed by atoms with van der Waals surface area (Å²) in [5, 5.41) is 30.0. The van der Waals surface area contributed by atoms with Gasteiger partial charge in [-0.3, -0.25) is 0 Å². The molecule has 2 saturated heterocycles. The number of hydrogen-bond acceptors (Lipinski definition) is 9. The monoisotopic (exact) mass is 674 g/mol. The third-order valence-electron chi connectivity index (χ3n) is 9.00. The highest BCUT2D eigenvalue weighted by atomic mass is 16.7. The summed E-state index contributed by atoms with van der Waals surface area (Å²) >= 11 is 0. The predicted molar refractivity (Wildman–Crippen MR) is 176 cm³/mol. The molecule has 0 radical (unpaired) electrons. The Morgan fingerprint density at radius 2 is 1.39 bits per heavy atom. The molecule has 3 unspecified atom stereocenters. The smallest absolute Gasteiger partial charge is 0.410 e. The van der Waals surface area contributed by atoms with Gasteiger partial charge in [-0.15, -0.1) is 0 Å². The van der Waals surface area contributed by atoms with Gasteiger partial charge >= 0.3 is 18.2 Å². The molecule has 0 aromatic heterocycles. The second-order valence-electron chi connectivity index (χ2n) is 12.6. The van der Waals surface area contributed by atoms with Crippen LogP contribution in [0, 0.1) is 0 Å². The molecule has 3 aliphatic rings. The van der Waals surface area contributed by atoms with E-state index in [4.69, 9.17) is 18.9 Å². The van der Waals surface area contributed by atoms with E-state index in [0.717, 1.165) is 16.7 Å². The largest absolute Gasteiger partial charge is 0.445 e. The summed E-state index contributed by atoms with van der Waals surface area (Å²) in [4.78, 5) is 40.2. The molecule has 0 spiro atoms. The molecule has 2 heterocycles. The third kappa shape index (κ3) is 9.06. The van der Waals surface area contributed by atoms with Gasteiger partial charge in [0.15, 0.2) is 6.29 Å². The highest BCUT2D eigenvalue weighted by Gasteiger charge is 2.50. The van der Waals surface area contributed by atoms with Crippen LogP contribution in [0.1, 0.15) is 36.0 Å². The summed E-state index contributed by atoms with van der Waals surface area (Å²) in [5.41, 5.74) is 2.57. The Morgan fingerprint density at radius 1 is 0.796 bits per heavy atom. The summed E-state index contributed by atoms with van der Waals surface area (Å²) in [6, 6.07) is 25.7. The molecule has 5 N–H and O–H groups in total. The van der Waals surface area contributed by atoms with Crippen molar-refractivity contribution >= 4 is 18.2 Å². The SMILES string of the molecule is O=C1NC2CC(N1)[C@H](O)[C@@H](O)[C@@H]2O[C@H]1OC(CN(Cc2ccccc2)C(=O)OCc2ccccc2)CC[C@H]1NC(=O)OCc1ccccc1. The van der Waals surface area contributed by atoms with Gasteiger partial charge in [0.25, 0.3) is 0 Å². The summed E-state index contributed by atoms with van der Waals surface area (Å²) in [6.45, 7) is 0.576. The molecule has 49 heavy (non-hydrogen) atoms. The molecular formula is C36H42N4O9. The zero-order chi connectivity index (χ0) is 34.2. The van der Waals surface area contributed by atoms with E-state index in [1.54, 1.807) is 4.90 Å². The minimum atomic E-state index is -1.35. The number of ether oxygens (including phenoxy) is 4. The van der Waals surface area contributed by atoms with E-state index in [2.05, 4.69) is 16.0 Å². The summed E-state index contributed by atoms with van der Waals surface area (Å²) in [5.74, 6) is 0. The Labute approximate surface area is 284 Å². The van der Waals surface area contributed by atoms with Crippen LogP contribution in [0.4, 0.5) is 14.4 Å². The van der Waals surface area contributed by atoms with Crippen LogP contribution in [0.15, 0.2) is 91.0 Å². The van der Waals surface area contributed by atoms with E-state index in [1.165, 1.54) is 0 Å². The van der Waals surface area contributed by atoms with Gasteiger partial charge in [-0.1, -0.05) is 91.0 Å². The van der Waals surface area contributed by atoms with E-state index in [9.17, 15) is 24.6 Å². The lowest BCUT2D eigenvalue weighted by Gasteiger charge is -2.48. The van der Waals surface area contributed by atoms with Crippen LogP contribution >= 0.6 is 0 Å². The lowest BCUT2D eigenvalue weighted by Crippen LogP contribution is -2.71. The number of nitrogens with zero attached hydrogens (tertiary/aromatic N) is 1. The number of aliphatic hydroxyl groups is 2. The molecule has 13 nitrogen and oxygen atoms in total. The second kappa shape index (κ2) is 16.1. The van der Waals surface area contributed by atoms with Gasteiger partial charge < -0.3 is 50.0 Å². The number of carbonyl (C=O) groups excluding carboxylic acids is 3. The molecule has 2 aliphatic heterocycles. The zero-order valence-electron chi connectivity index (χ0n) is 26.9. The van der Waals surface area contributed by atoms with Gasteiger partial charge in [-0.05, 0) is 36.0 Å².